The first-order chi connectivity index (χ1) is 21.3. The smallest absolute Gasteiger partial charge is 0.215 e. The summed E-state index contributed by atoms with van der Waals surface area (Å²) >= 11 is 0. The third-order valence-corrected chi connectivity index (χ3v) is 8.18. The first-order valence-corrected chi connectivity index (χ1v) is 14.8. The highest BCUT2D eigenvalue weighted by molar-refractivity contribution is 6.10. The average molecular weight is 602 g/mol. The van der Waals surface area contributed by atoms with Gasteiger partial charge in [-0.3, -0.25) is 19.5 Å². The Hall–Kier alpha value is -4.28. The zero-order chi connectivity index (χ0) is 30.7. The second-order valence-electron chi connectivity index (χ2n) is 11.5. The SMILES string of the molecule is CC(CN1CCOCC1)Oc1cc2nccc(Oc3ccc(CC(=O)C4(C(=O)Cc5ccc(F)cc5)CC4)cc3F)c2cn1. The van der Waals surface area contributed by atoms with Gasteiger partial charge in [-0.1, -0.05) is 18.2 Å². The Balaban J connectivity index is 1.09. The van der Waals surface area contributed by atoms with Gasteiger partial charge in [-0.15, -0.1) is 0 Å². The molecule has 1 saturated heterocycles. The molecular weight excluding hydrogens is 568 g/mol. The highest BCUT2D eigenvalue weighted by Gasteiger charge is 2.54. The van der Waals surface area contributed by atoms with E-state index >= 15 is 4.39 Å². The van der Waals surface area contributed by atoms with Gasteiger partial charge in [0.1, 0.15) is 17.7 Å². The number of pyridine rings is 2. The molecule has 4 aromatic rings. The average Bonchev–Trinajstić information content (AvgIpc) is 3.83. The first-order valence-electron chi connectivity index (χ1n) is 14.8. The quantitative estimate of drug-likeness (QED) is 0.197. The van der Waals surface area contributed by atoms with Crippen LogP contribution in [-0.2, 0) is 27.2 Å². The molecule has 1 atom stereocenters. The van der Waals surface area contributed by atoms with E-state index in [1.54, 1.807) is 42.7 Å². The molecule has 8 nitrogen and oxygen atoms in total. The molecule has 0 bridgehead atoms. The molecule has 1 aliphatic heterocycles. The topological polar surface area (TPSA) is 90.9 Å². The van der Waals surface area contributed by atoms with E-state index in [0.29, 0.717) is 46.5 Å². The van der Waals surface area contributed by atoms with Gasteiger partial charge < -0.3 is 14.2 Å². The van der Waals surface area contributed by atoms with Crippen molar-refractivity contribution in [1.29, 1.82) is 0 Å². The molecule has 44 heavy (non-hydrogen) atoms. The zero-order valence-corrected chi connectivity index (χ0v) is 24.4. The maximum atomic E-state index is 15.2. The van der Waals surface area contributed by atoms with Crippen LogP contribution >= 0.6 is 0 Å². The van der Waals surface area contributed by atoms with Gasteiger partial charge in [0.2, 0.25) is 5.88 Å². The van der Waals surface area contributed by atoms with Crippen molar-refractivity contribution in [2.75, 3.05) is 32.8 Å². The van der Waals surface area contributed by atoms with Crippen LogP contribution in [0.2, 0.25) is 0 Å². The lowest BCUT2D eigenvalue weighted by molar-refractivity contribution is -0.133. The molecule has 6 rings (SSSR count). The Labute approximate surface area is 254 Å². The van der Waals surface area contributed by atoms with E-state index in [9.17, 15) is 14.0 Å². The molecule has 0 spiro atoms. The summed E-state index contributed by atoms with van der Waals surface area (Å²) in [6, 6.07) is 13.4. The molecule has 2 aromatic carbocycles. The fourth-order valence-electron chi connectivity index (χ4n) is 5.55. The molecule has 0 N–H and O–H groups in total. The number of carbonyl (C=O) groups excluding carboxylic acids is 2. The minimum atomic E-state index is -1.05. The largest absolute Gasteiger partial charge is 0.473 e. The van der Waals surface area contributed by atoms with Gasteiger partial charge in [0.25, 0.3) is 0 Å². The van der Waals surface area contributed by atoms with E-state index in [2.05, 4.69) is 14.9 Å². The van der Waals surface area contributed by atoms with E-state index in [-0.39, 0.29) is 42.1 Å². The lowest BCUT2D eigenvalue weighted by Gasteiger charge is -2.29. The summed E-state index contributed by atoms with van der Waals surface area (Å²) < 4.78 is 45.7. The van der Waals surface area contributed by atoms with Crippen molar-refractivity contribution < 1.29 is 32.6 Å². The summed E-state index contributed by atoms with van der Waals surface area (Å²) in [5, 5.41) is 0.592. The monoisotopic (exact) mass is 601 g/mol. The minimum absolute atomic E-state index is 0.0123. The van der Waals surface area contributed by atoms with Crippen molar-refractivity contribution in [2.45, 2.75) is 38.7 Å². The summed E-state index contributed by atoms with van der Waals surface area (Å²) in [7, 11) is 0. The standard InChI is InChI=1S/C34H33F2N3O5/c1-22(21-39-12-14-42-15-13-39)43-33-19-28-26(20-38-33)29(8-11-37-28)44-30-7-4-24(16-27(30)36)18-32(41)34(9-10-34)31(40)17-23-2-5-25(35)6-3-23/h2-8,11,16,19-20,22H,9-10,12-15,17-18,21H2,1H3. The van der Waals surface area contributed by atoms with Crippen molar-refractivity contribution in [3.8, 4) is 17.4 Å². The molecule has 1 aliphatic carbocycles. The van der Waals surface area contributed by atoms with Crippen LogP contribution in [0.1, 0.15) is 30.9 Å². The number of aromatic nitrogens is 2. The lowest BCUT2D eigenvalue weighted by Crippen LogP contribution is -2.41. The second-order valence-corrected chi connectivity index (χ2v) is 11.5. The number of nitrogens with zero attached hydrogens (tertiary/aromatic N) is 3. The highest BCUT2D eigenvalue weighted by Crippen LogP contribution is 2.49. The minimum Gasteiger partial charge on any atom is -0.473 e. The number of morpholine rings is 1. The molecule has 1 unspecified atom stereocenters. The number of hydrogen-bond acceptors (Lipinski definition) is 8. The van der Waals surface area contributed by atoms with Crippen LogP contribution in [0.4, 0.5) is 8.78 Å². The molecule has 228 valence electrons. The Kier molecular flexibility index (Phi) is 8.63. The molecule has 10 heteroatoms. The molecule has 2 aromatic heterocycles. The van der Waals surface area contributed by atoms with Gasteiger partial charge in [-0.2, -0.15) is 0 Å². The third kappa shape index (κ3) is 6.76. The summed E-state index contributed by atoms with van der Waals surface area (Å²) in [6.07, 6.45) is 4.01. The van der Waals surface area contributed by atoms with Crippen LogP contribution in [0.15, 0.2) is 67.0 Å². The lowest BCUT2D eigenvalue weighted by atomic mass is 9.88. The van der Waals surface area contributed by atoms with E-state index in [1.807, 2.05) is 6.92 Å². The van der Waals surface area contributed by atoms with Crippen molar-refractivity contribution >= 4 is 22.5 Å². The number of benzene rings is 2. The van der Waals surface area contributed by atoms with Gasteiger partial charge >= 0.3 is 0 Å². The van der Waals surface area contributed by atoms with Crippen molar-refractivity contribution in [3.63, 3.8) is 0 Å². The van der Waals surface area contributed by atoms with Crippen molar-refractivity contribution in [2.24, 2.45) is 5.41 Å². The highest BCUT2D eigenvalue weighted by atomic mass is 19.1. The zero-order valence-electron chi connectivity index (χ0n) is 24.4. The van der Waals surface area contributed by atoms with Gasteiger partial charge in [0.05, 0.1) is 29.5 Å². The van der Waals surface area contributed by atoms with E-state index in [1.165, 1.54) is 24.3 Å². The summed E-state index contributed by atoms with van der Waals surface area (Å²) in [5.74, 6) is -0.636. The number of rotatable bonds is 12. The van der Waals surface area contributed by atoms with E-state index in [0.717, 1.165) is 32.8 Å². The Morgan fingerprint density at radius 3 is 2.34 bits per heavy atom. The van der Waals surface area contributed by atoms with Crippen LogP contribution in [-0.4, -0.2) is 65.4 Å². The van der Waals surface area contributed by atoms with Crippen LogP contribution < -0.4 is 9.47 Å². The number of fused-ring (bicyclic) bond motifs is 1. The summed E-state index contributed by atoms with van der Waals surface area (Å²) in [6.45, 7) is 5.93. The third-order valence-electron chi connectivity index (χ3n) is 8.18. The molecule has 0 radical (unpaired) electrons. The van der Waals surface area contributed by atoms with Crippen molar-refractivity contribution in [1.82, 2.24) is 14.9 Å². The predicted molar refractivity (Wildman–Crippen MR) is 159 cm³/mol. The van der Waals surface area contributed by atoms with Gasteiger partial charge in [0, 0.05) is 50.9 Å². The molecule has 2 fully saturated rings. The van der Waals surface area contributed by atoms with E-state index in [4.69, 9.17) is 14.2 Å². The normalized spacial score (nSPS) is 16.8. The van der Waals surface area contributed by atoms with E-state index < -0.39 is 11.2 Å². The first kappa shape index (κ1) is 29.8. The predicted octanol–water partition coefficient (Wildman–Crippen LogP) is 5.50. The van der Waals surface area contributed by atoms with Crippen LogP contribution in [0.5, 0.6) is 17.4 Å². The Morgan fingerprint density at radius 2 is 1.64 bits per heavy atom. The fraction of sp³-hybridized carbons (Fsp3) is 0.353. The second kappa shape index (κ2) is 12.8. The number of ether oxygens (including phenoxy) is 3. The van der Waals surface area contributed by atoms with Crippen molar-refractivity contribution in [3.05, 3.63) is 89.8 Å². The fourth-order valence-corrected chi connectivity index (χ4v) is 5.55. The maximum absolute atomic E-state index is 15.2. The molecule has 3 heterocycles. The summed E-state index contributed by atoms with van der Waals surface area (Å²) in [4.78, 5) is 37.2. The maximum Gasteiger partial charge on any atom is 0.215 e. The van der Waals surface area contributed by atoms with Gasteiger partial charge in [-0.05, 0) is 61.2 Å². The number of Topliss-reactive ketones (excluding diaryl/α,β-unsaturated/α-hetero) is 2. The molecular formula is C34H33F2N3O5. The van der Waals surface area contributed by atoms with Crippen LogP contribution in [0, 0.1) is 17.0 Å². The van der Waals surface area contributed by atoms with Gasteiger partial charge in [-0.25, -0.2) is 13.8 Å². The number of ketones is 2. The molecule has 1 saturated carbocycles. The molecule has 2 aliphatic rings. The number of hydrogen-bond donors (Lipinski definition) is 0. The van der Waals surface area contributed by atoms with Crippen LogP contribution in [0.25, 0.3) is 10.9 Å². The number of halogens is 2. The van der Waals surface area contributed by atoms with Gasteiger partial charge in [0.15, 0.2) is 23.1 Å². The Bertz CT molecular complexity index is 1670. The van der Waals surface area contributed by atoms with Crippen LogP contribution in [0.3, 0.4) is 0 Å². The Morgan fingerprint density at radius 1 is 0.932 bits per heavy atom. The summed E-state index contributed by atoms with van der Waals surface area (Å²) in [5.41, 5.74) is 0.652. The number of carbonyl (C=O) groups is 2. The molecule has 0 amide bonds.